The molecule has 2 heterocycles. The second-order valence-corrected chi connectivity index (χ2v) is 10.3. The van der Waals surface area contributed by atoms with Gasteiger partial charge in [0.1, 0.15) is 6.04 Å². The Kier molecular flexibility index (Phi) is 7.41. The van der Waals surface area contributed by atoms with Gasteiger partial charge in [-0.3, -0.25) is 9.59 Å². The lowest BCUT2D eigenvalue weighted by Gasteiger charge is -2.41. The highest BCUT2D eigenvalue weighted by atomic mass is 16.2. The average molecular weight is 392 g/mol. The van der Waals surface area contributed by atoms with Crippen LogP contribution in [0.1, 0.15) is 72.6 Å². The summed E-state index contributed by atoms with van der Waals surface area (Å²) in [6.45, 7) is 12.1. The minimum Gasteiger partial charge on any atom is -0.341 e. The molecule has 0 aromatic rings. The Balaban J connectivity index is 1.64. The quantitative estimate of drug-likeness (QED) is 0.691. The molecule has 3 aliphatic rings. The molecule has 28 heavy (non-hydrogen) atoms. The first-order chi connectivity index (χ1) is 13.3. The SMILES string of the molecule is CC(C)CC1CCN(C(=O)[C@H](CC2CC2)N2CCN[C@@H](CC(C)C)C2=O)CC1. The summed E-state index contributed by atoms with van der Waals surface area (Å²) in [6.07, 6.45) is 7.65. The maximum absolute atomic E-state index is 13.5. The summed E-state index contributed by atoms with van der Waals surface area (Å²) >= 11 is 0. The number of likely N-dealkylation sites (tertiary alicyclic amines) is 1. The van der Waals surface area contributed by atoms with Crippen LogP contribution in [0.15, 0.2) is 0 Å². The first-order valence-corrected chi connectivity index (χ1v) is 11.7. The second-order valence-electron chi connectivity index (χ2n) is 10.3. The number of piperidine rings is 1. The van der Waals surface area contributed by atoms with E-state index in [2.05, 4.69) is 37.9 Å². The molecule has 5 heteroatoms. The zero-order valence-corrected chi connectivity index (χ0v) is 18.5. The molecule has 0 aromatic carbocycles. The van der Waals surface area contributed by atoms with Crippen LogP contribution in [-0.2, 0) is 9.59 Å². The van der Waals surface area contributed by atoms with Crippen molar-refractivity contribution in [3.8, 4) is 0 Å². The molecule has 0 spiro atoms. The Hall–Kier alpha value is -1.10. The van der Waals surface area contributed by atoms with Crippen LogP contribution in [0, 0.1) is 23.7 Å². The van der Waals surface area contributed by atoms with Crippen LogP contribution in [0.4, 0.5) is 0 Å². The lowest BCUT2D eigenvalue weighted by atomic mass is 9.88. The lowest BCUT2D eigenvalue weighted by molar-refractivity contribution is -0.150. The van der Waals surface area contributed by atoms with E-state index < -0.39 is 0 Å². The Morgan fingerprint density at radius 1 is 0.929 bits per heavy atom. The topological polar surface area (TPSA) is 52.7 Å². The maximum atomic E-state index is 13.5. The number of nitrogens with one attached hydrogen (secondary N) is 1. The molecular formula is C23H41N3O2. The van der Waals surface area contributed by atoms with Crippen molar-refractivity contribution in [2.24, 2.45) is 23.7 Å². The highest BCUT2D eigenvalue weighted by Gasteiger charge is 2.41. The van der Waals surface area contributed by atoms with Crippen LogP contribution < -0.4 is 5.32 Å². The second kappa shape index (κ2) is 9.60. The van der Waals surface area contributed by atoms with Crippen molar-refractivity contribution in [3.63, 3.8) is 0 Å². The molecule has 1 aliphatic carbocycles. The standard InChI is InChI=1S/C23H41N3O2/c1-16(2)13-19-7-10-25(11-8-19)23(28)21(15-18-5-6-18)26-12-9-24-20(22(26)27)14-17(3)4/h16-21,24H,5-15H2,1-4H3/t20-,21-/m0/s1. The summed E-state index contributed by atoms with van der Waals surface area (Å²) in [5.74, 6) is 2.95. The zero-order chi connectivity index (χ0) is 20.3. The summed E-state index contributed by atoms with van der Waals surface area (Å²) < 4.78 is 0. The minimum absolute atomic E-state index is 0.125. The summed E-state index contributed by atoms with van der Waals surface area (Å²) in [7, 11) is 0. The van der Waals surface area contributed by atoms with Gasteiger partial charge in [-0.15, -0.1) is 0 Å². The minimum atomic E-state index is -0.238. The molecule has 0 bridgehead atoms. The van der Waals surface area contributed by atoms with Gasteiger partial charge in [-0.2, -0.15) is 0 Å². The van der Waals surface area contributed by atoms with Crippen molar-refractivity contribution >= 4 is 11.8 Å². The molecule has 3 fully saturated rings. The van der Waals surface area contributed by atoms with Gasteiger partial charge in [0.2, 0.25) is 11.8 Å². The Bertz CT molecular complexity index is 536. The van der Waals surface area contributed by atoms with E-state index in [1.54, 1.807) is 0 Å². The summed E-state index contributed by atoms with van der Waals surface area (Å²) in [5, 5.41) is 3.38. The molecule has 160 valence electrons. The maximum Gasteiger partial charge on any atom is 0.245 e. The van der Waals surface area contributed by atoms with Gasteiger partial charge in [0.15, 0.2) is 0 Å². The molecule has 1 N–H and O–H groups in total. The molecular weight excluding hydrogens is 350 g/mol. The Morgan fingerprint density at radius 2 is 1.54 bits per heavy atom. The van der Waals surface area contributed by atoms with Crippen molar-refractivity contribution in [2.45, 2.75) is 84.7 Å². The van der Waals surface area contributed by atoms with Crippen molar-refractivity contribution in [3.05, 3.63) is 0 Å². The zero-order valence-electron chi connectivity index (χ0n) is 18.5. The number of hydrogen-bond donors (Lipinski definition) is 1. The van der Waals surface area contributed by atoms with Crippen molar-refractivity contribution in [2.75, 3.05) is 26.2 Å². The highest BCUT2D eigenvalue weighted by molar-refractivity contribution is 5.90. The monoisotopic (exact) mass is 391 g/mol. The van der Waals surface area contributed by atoms with Gasteiger partial charge in [0, 0.05) is 26.2 Å². The van der Waals surface area contributed by atoms with E-state index in [4.69, 9.17) is 0 Å². The average Bonchev–Trinajstić information content (AvgIpc) is 3.45. The fraction of sp³-hybridized carbons (Fsp3) is 0.913. The number of nitrogens with zero attached hydrogens (tertiary/aromatic N) is 2. The van der Waals surface area contributed by atoms with E-state index >= 15 is 0 Å². The van der Waals surface area contributed by atoms with Gasteiger partial charge in [0.25, 0.3) is 0 Å². The number of carbonyl (C=O) groups is 2. The largest absolute Gasteiger partial charge is 0.341 e. The molecule has 2 aliphatic heterocycles. The normalized spacial score (nSPS) is 25.6. The van der Waals surface area contributed by atoms with Crippen LogP contribution in [0.25, 0.3) is 0 Å². The lowest BCUT2D eigenvalue weighted by Crippen LogP contribution is -2.62. The first-order valence-electron chi connectivity index (χ1n) is 11.7. The molecule has 2 amide bonds. The first kappa shape index (κ1) is 21.6. The van der Waals surface area contributed by atoms with Crippen LogP contribution >= 0.6 is 0 Å². The Morgan fingerprint density at radius 3 is 2.11 bits per heavy atom. The van der Waals surface area contributed by atoms with E-state index in [1.165, 1.54) is 19.3 Å². The van der Waals surface area contributed by atoms with Gasteiger partial charge >= 0.3 is 0 Å². The Labute approximate surface area is 171 Å². The number of amides is 2. The highest BCUT2D eigenvalue weighted by Crippen LogP contribution is 2.36. The molecule has 2 saturated heterocycles. The van der Waals surface area contributed by atoms with E-state index in [1.807, 2.05) is 4.90 Å². The molecule has 2 atom stereocenters. The number of hydrogen-bond acceptors (Lipinski definition) is 3. The van der Waals surface area contributed by atoms with Crippen LogP contribution in [0.5, 0.6) is 0 Å². The van der Waals surface area contributed by atoms with Crippen molar-refractivity contribution in [1.29, 1.82) is 0 Å². The predicted molar refractivity (Wildman–Crippen MR) is 113 cm³/mol. The fourth-order valence-corrected chi connectivity index (χ4v) is 5.02. The van der Waals surface area contributed by atoms with E-state index in [9.17, 15) is 9.59 Å². The van der Waals surface area contributed by atoms with Gasteiger partial charge in [0.05, 0.1) is 6.04 Å². The fourth-order valence-electron chi connectivity index (χ4n) is 5.02. The van der Waals surface area contributed by atoms with E-state index in [-0.39, 0.29) is 23.9 Å². The predicted octanol–water partition coefficient (Wildman–Crippen LogP) is 3.29. The van der Waals surface area contributed by atoms with Crippen molar-refractivity contribution < 1.29 is 9.59 Å². The third-order valence-electron chi connectivity index (χ3n) is 6.68. The summed E-state index contributed by atoms with van der Waals surface area (Å²) in [6, 6.07) is -0.363. The van der Waals surface area contributed by atoms with Crippen LogP contribution in [-0.4, -0.2) is 59.9 Å². The molecule has 0 unspecified atom stereocenters. The molecule has 1 saturated carbocycles. The molecule has 0 aromatic heterocycles. The van der Waals surface area contributed by atoms with E-state index in [0.29, 0.717) is 18.4 Å². The van der Waals surface area contributed by atoms with Gasteiger partial charge in [-0.1, -0.05) is 40.5 Å². The van der Waals surface area contributed by atoms with Gasteiger partial charge in [-0.25, -0.2) is 0 Å². The third kappa shape index (κ3) is 5.71. The van der Waals surface area contributed by atoms with Crippen LogP contribution in [0.3, 0.4) is 0 Å². The molecule has 5 nitrogen and oxygen atoms in total. The van der Waals surface area contributed by atoms with Crippen LogP contribution in [0.2, 0.25) is 0 Å². The number of carbonyl (C=O) groups excluding carboxylic acids is 2. The van der Waals surface area contributed by atoms with Gasteiger partial charge in [-0.05, 0) is 55.8 Å². The number of rotatable bonds is 8. The van der Waals surface area contributed by atoms with Crippen molar-refractivity contribution in [1.82, 2.24) is 15.1 Å². The summed E-state index contributed by atoms with van der Waals surface area (Å²) in [5.41, 5.74) is 0. The molecule has 0 radical (unpaired) electrons. The molecule has 3 rings (SSSR count). The van der Waals surface area contributed by atoms with Gasteiger partial charge < -0.3 is 15.1 Å². The smallest absolute Gasteiger partial charge is 0.245 e. The summed E-state index contributed by atoms with van der Waals surface area (Å²) in [4.78, 5) is 30.6. The van der Waals surface area contributed by atoms with E-state index in [0.717, 1.165) is 57.2 Å². The third-order valence-corrected chi connectivity index (χ3v) is 6.68. The number of piperazine rings is 1.